The maximum absolute atomic E-state index is 11.5. The van der Waals surface area contributed by atoms with Gasteiger partial charge in [0, 0.05) is 18.5 Å². The van der Waals surface area contributed by atoms with E-state index in [-0.39, 0.29) is 11.9 Å². The Morgan fingerprint density at radius 2 is 2.14 bits per heavy atom. The minimum Gasteiger partial charge on any atom is -0.356 e. The number of nitrogens with one attached hydrogen (secondary N) is 1. The van der Waals surface area contributed by atoms with Crippen LogP contribution in [0.5, 0.6) is 0 Å². The van der Waals surface area contributed by atoms with Crippen LogP contribution in [0.2, 0.25) is 0 Å². The molecule has 0 aliphatic heterocycles. The number of amides is 1. The van der Waals surface area contributed by atoms with Gasteiger partial charge in [0.25, 0.3) is 0 Å². The highest BCUT2D eigenvalue weighted by atomic mass is 16.1. The van der Waals surface area contributed by atoms with Crippen molar-refractivity contribution in [2.75, 3.05) is 6.54 Å². The van der Waals surface area contributed by atoms with Gasteiger partial charge in [-0.25, -0.2) is 0 Å². The Morgan fingerprint density at radius 1 is 1.50 bits per heavy atom. The van der Waals surface area contributed by atoms with Crippen molar-refractivity contribution in [1.29, 1.82) is 0 Å². The van der Waals surface area contributed by atoms with Crippen molar-refractivity contribution in [2.45, 2.75) is 51.5 Å². The Morgan fingerprint density at radius 3 is 2.71 bits per heavy atom. The quantitative estimate of drug-likeness (QED) is 0.656. The minimum atomic E-state index is 0.249. The third-order valence-corrected chi connectivity index (χ3v) is 2.86. The summed E-state index contributed by atoms with van der Waals surface area (Å²) in [7, 11) is 0. The second kappa shape index (κ2) is 6.02. The van der Waals surface area contributed by atoms with E-state index in [2.05, 4.69) is 5.32 Å². The first-order valence-electron chi connectivity index (χ1n) is 5.73. The molecule has 0 radical (unpaired) electrons. The van der Waals surface area contributed by atoms with Crippen LogP contribution in [0, 0.1) is 5.92 Å². The van der Waals surface area contributed by atoms with Crippen LogP contribution in [-0.4, -0.2) is 18.5 Å². The molecule has 1 aliphatic rings. The first-order valence-corrected chi connectivity index (χ1v) is 5.73. The Kier molecular flexibility index (Phi) is 4.94. The van der Waals surface area contributed by atoms with E-state index >= 15 is 0 Å². The fourth-order valence-corrected chi connectivity index (χ4v) is 1.97. The van der Waals surface area contributed by atoms with E-state index in [4.69, 9.17) is 5.73 Å². The van der Waals surface area contributed by atoms with Crippen LogP contribution in [0.3, 0.4) is 0 Å². The molecule has 0 aromatic carbocycles. The summed E-state index contributed by atoms with van der Waals surface area (Å²) in [5.74, 6) is 0.553. The summed E-state index contributed by atoms with van der Waals surface area (Å²) < 4.78 is 0. The molecule has 1 aliphatic carbocycles. The molecule has 1 unspecified atom stereocenters. The summed E-state index contributed by atoms with van der Waals surface area (Å²) in [6, 6.07) is 0.249. The van der Waals surface area contributed by atoms with E-state index in [0.29, 0.717) is 5.92 Å². The molecule has 14 heavy (non-hydrogen) atoms. The van der Waals surface area contributed by atoms with Crippen LogP contribution in [0.25, 0.3) is 0 Å². The van der Waals surface area contributed by atoms with Crippen molar-refractivity contribution in [1.82, 2.24) is 5.32 Å². The minimum absolute atomic E-state index is 0.249. The molecule has 1 amide bonds. The summed E-state index contributed by atoms with van der Waals surface area (Å²) in [6.07, 6.45) is 6.59. The van der Waals surface area contributed by atoms with Crippen LogP contribution in [-0.2, 0) is 4.79 Å². The van der Waals surface area contributed by atoms with E-state index in [1.807, 2.05) is 6.92 Å². The second-order valence-electron chi connectivity index (χ2n) is 4.39. The Hall–Kier alpha value is -0.570. The third-order valence-electron chi connectivity index (χ3n) is 2.86. The molecule has 0 spiro atoms. The van der Waals surface area contributed by atoms with Gasteiger partial charge < -0.3 is 11.1 Å². The van der Waals surface area contributed by atoms with Crippen LogP contribution >= 0.6 is 0 Å². The summed E-state index contributed by atoms with van der Waals surface area (Å²) in [5, 5.41) is 2.99. The van der Waals surface area contributed by atoms with Crippen molar-refractivity contribution in [3.8, 4) is 0 Å². The molecule has 0 saturated heterocycles. The Balaban J connectivity index is 2.03. The summed E-state index contributed by atoms with van der Waals surface area (Å²) >= 11 is 0. The van der Waals surface area contributed by atoms with E-state index < -0.39 is 0 Å². The SMILES string of the molecule is CC(N)CCCNC(=O)C1CCCC1. The smallest absolute Gasteiger partial charge is 0.223 e. The van der Waals surface area contributed by atoms with Crippen molar-refractivity contribution in [2.24, 2.45) is 11.7 Å². The van der Waals surface area contributed by atoms with Gasteiger partial charge in [-0.2, -0.15) is 0 Å². The zero-order valence-electron chi connectivity index (χ0n) is 9.09. The first-order chi connectivity index (χ1) is 6.70. The van der Waals surface area contributed by atoms with Crippen molar-refractivity contribution in [3.63, 3.8) is 0 Å². The van der Waals surface area contributed by atoms with Crippen molar-refractivity contribution < 1.29 is 4.79 Å². The molecule has 1 saturated carbocycles. The lowest BCUT2D eigenvalue weighted by molar-refractivity contribution is -0.124. The topological polar surface area (TPSA) is 55.1 Å². The molecule has 82 valence electrons. The van der Waals surface area contributed by atoms with Gasteiger partial charge in [-0.1, -0.05) is 12.8 Å². The van der Waals surface area contributed by atoms with Crippen molar-refractivity contribution >= 4 is 5.91 Å². The fourth-order valence-electron chi connectivity index (χ4n) is 1.97. The van der Waals surface area contributed by atoms with E-state index in [0.717, 1.165) is 32.2 Å². The molecule has 0 heterocycles. The van der Waals surface area contributed by atoms with Crippen molar-refractivity contribution in [3.05, 3.63) is 0 Å². The lowest BCUT2D eigenvalue weighted by Crippen LogP contribution is -2.30. The zero-order valence-corrected chi connectivity index (χ0v) is 9.09. The van der Waals surface area contributed by atoms with Gasteiger partial charge >= 0.3 is 0 Å². The third kappa shape index (κ3) is 4.09. The first kappa shape index (κ1) is 11.5. The monoisotopic (exact) mass is 198 g/mol. The van der Waals surface area contributed by atoms with Crippen LogP contribution in [0.4, 0.5) is 0 Å². The normalized spacial score (nSPS) is 19.6. The molecule has 3 nitrogen and oxygen atoms in total. The van der Waals surface area contributed by atoms with Crippen LogP contribution in [0.15, 0.2) is 0 Å². The number of nitrogens with two attached hydrogens (primary N) is 1. The molecular weight excluding hydrogens is 176 g/mol. The van der Waals surface area contributed by atoms with Gasteiger partial charge in [0.2, 0.25) is 5.91 Å². The molecule has 3 heteroatoms. The molecular formula is C11H22N2O. The van der Waals surface area contributed by atoms with Gasteiger partial charge in [0.15, 0.2) is 0 Å². The average molecular weight is 198 g/mol. The number of carbonyl (C=O) groups excluding carboxylic acids is 1. The molecule has 1 fully saturated rings. The number of hydrogen-bond acceptors (Lipinski definition) is 2. The molecule has 1 rings (SSSR count). The van der Waals surface area contributed by atoms with E-state index in [1.165, 1.54) is 12.8 Å². The maximum Gasteiger partial charge on any atom is 0.223 e. The average Bonchev–Trinajstić information content (AvgIpc) is 2.64. The van der Waals surface area contributed by atoms with Crippen LogP contribution < -0.4 is 11.1 Å². The van der Waals surface area contributed by atoms with Crippen LogP contribution in [0.1, 0.15) is 45.4 Å². The van der Waals surface area contributed by atoms with Gasteiger partial charge in [0.05, 0.1) is 0 Å². The summed E-state index contributed by atoms with van der Waals surface area (Å²) in [4.78, 5) is 11.5. The lowest BCUT2D eigenvalue weighted by Gasteiger charge is -2.10. The summed E-state index contributed by atoms with van der Waals surface area (Å²) in [6.45, 7) is 2.79. The number of hydrogen-bond donors (Lipinski definition) is 2. The Bertz CT molecular complexity index is 174. The lowest BCUT2D eigenvalue weighted by atomic mass is 10.1. The predicted molar refractivity (Wildman–Crippen MR) is 57.9 cm³/mol. The standard InChI is InChI=1S/C11H22N2O/c1-9(12)5-4-8-13-11(14)10-6-2-3-7-10/h9-10H,2-8,12H2,1H3,(H,13,14). The zero-order chi connectivity index (χ0) is 10.4. The maximum atomic E-state index is 11.5. The highest BCUT2D eigenvalue weighted by molar-refractivity contribution is 5.78. The molecule has 3 N–H and O–H groups in total. The highest BCUT2D eigenvalue weighted by Crippen LogP contribution is 2.24. The number of carbonyl (C=O) groups is 1. The fraction of sp³-hybridized carbons (Fsp3) is 0.909. The highest BCUT2D eigenvalue weighted by Gasteiger charge is 2.21. The molecule has 0 aromatic heterocycles. The Labute approximate surface area is 86.4 Å². The molecule has 0 bridgehead atoms. The van der Waals surface area contributed by atoms with Gasteiger partial charge in [-0.15, -0.1) is 0 Å². The van der Waals surface area contributed by atoms with E-state index in [1.54, 1.807) is 0 Å². The summed E-state index contributed by atoms with van der Waals surface area (Å²) in [5.41, 5.74) is 5.62. The predicted octanol–water partition coefficient (Wildman–Crippen LogP) is 1.42. The molecule has 0 aromatic rings. The largest absolute Gasteiger partial charge is 0.356 e. The van der Waals surface area contributed by atoms with Gasteiger partial charge in [-0.05, 0) is 32.6 Å². The second-order valence-corrected chi connectivity index (χ2v) is 4.39. The van der Waals surface area contributed by atoms with E-state index in [9.17, 15) is 4.79 Å². The molecule has 1 atom stereocenters. The van der Waals surface area contributed by atoms with Gasteiger partial charge in [0.1, 0.15) is 0 Å². The number of rotatable bonds is 5. The van der Waals surface area contributed by atoms with Gasteiger partial charge in [-0.3, -0.25) is 4.79 Å².